The molecule has 2 bridgehead atoms. The van der Waals surface area contributed by atoms with Crippen LogP contribution in [0, 0.1) is 5.82 Å². The first-order valence-corrected chi connectivity index (χ1v) is 9.47. The number of morpholine rings is 1. The molecule has 2 heterocycles. The van der Waals surface area contributed by atoms with Crippen molar-refractivity contribution in [2.75, 3.05) is 13.2 Å². The quantitative estimate of drug-likeness (QED) is 0.652. The van der Waals surface area contributed by atoms with Crippen LogP contribution in [0.15, 0.2) is 54.6 Å². The third kappa shape index (κ3) is 4.18. The summed E-state index contributed by atoms with van der Waals surface area (Å²) in [5, 5.41) is 0. The summed E-state index contributed by atoms with van der Waals surface area (Å²) in [6.45, 7) is 0.583. The van der Waals surface area contributed by atoms with Crippen LogP contribution in [0.1, 0.15) is 23.1 Å². The van der Waals surface area contributed by atoms with Crippen LogP contribution in [0.5, 0.6) is 0 Å². The molecule has 2 aliphatic rings. The number of hydrogen-bond acceptors (Lipinski definition) is 3. The molecule has 158 valence electrons. The number of halogens is 4. The van der Waals surface area contributed by atoms with Gasteiger partial charge in [0.15, 0.2) is 0 Å². The number of carbonyl (C=O) groups is 1. The Morgan fingerprint density at radius 3 is 2.57 bits per heavy atom. The van der Waals surface area contributed by atoms with E-state index in [1.54, 1.807) is 11.0 Å². The van der Waals surface area contributed by atoms with Crippen molar-refractivity contribution in [1.82, 2.24) is 4.90 Å². The molecule has 2 atom stereocenters. The van der Waals surface area contributed by atoms with Crippen LogP contribution in [0.2, 0.25) is 0 Å². The highest BCUT2D eigenvalue weighted by molar-refractivity contribution is 5.75. The Kier molecular flexibility index (Phi) is 5.51. The molecular weight excluding hydrogens is 402 g/mol. The number of ether oxygens (including phenoxy) is 2. The molecule has 1 fully saturated rings. The number of benzene rings is 2. The molecule has 1 amide bonds. The zero-order valence-electron chi connectivity index (χ0n) is 15.9. The summed E-state index contributed by atoms with van der Waals surface area (Å²) in [6.07, 6.45) is -3.17. The average molecular weight is 421 g/mol. The highest BCUT2D eigenvalue weighted by atomic mass is 19.4. The van der Waals surface area contributed by atoms with E-state index in [2.05, 4.69) is 0 Å². The number of fused-ring (bicyclic) bond motifs is 2. The monoisotopic (exact) mass is 421 g/mol. The third-order valence-corrected chi connectivity index (χ3v) is 5.26. The van der Waals surface area contributed by atoms with E-state index in [0.717, 1.165) is 17.7 Å². The zero-order chi connectivity index (χ0) is 21.3. The molecule has 0 radical (unpaired) electrons. The highest BCUT2D eigenvalue weighted by Gasteiger charge is 2.40. The van der Waals surface area contributed by atoms with E-state index in [1.165, 1.54) is 0 Å². The minimum absolute atomic E-state index is 0.109. The molecule has 4 nitrogen and oxygen atoms in total. The smallest absolute Gasteiger partial charge is 0.416 e. The van der Waals surface area contributed by atoms with Crippen molar-refractivity contribution in [1.29, 1.82) is 0 Å². The van der Waals surface area contributed by atoms with E-state index in [1.807, 2.05) is 30.3 Å². The Bertz CT molecular complexity index is 959. The summed E-state index contributed by atoms with van der Waals surface area (Å²) in [4.78, 5) is 14.2. The number of carbonyl (C=O) groups excluding carboxylic acids is 1. The third-order valence-electron chi connectivity index (χ3n) is 5.26. The molecule has 0 spiro atoms. The maximum Gasteiger partial charge on any atom is 0.416 e. The Balaban J connectivity index is 1.53. The van der Waals surface area contributed by atoms with Crippen molar-refractivity contribution >= 4 is 11.7 Å². The van der Waals surface area contributed by atoms with E-state index < -0.39 is 29.7 Å². The molecule has 1 saturated heterocycles. The molecule has 2 aromatic carbocycles. The van der Waals surface area contributed by atoms with Crippen molar-refractivity contribution in [2.45, 2.75) is 31.3 Å². The molecule has 4 rings (SSSR count). The summed E-state index contributed by atoms with van der Waals surface area (Å²) < 4.78 is 63.8. The van der Waals surface area contributed by atoms with Gasteiger partial charge in [-0.15, -0.1) is 0 Å². The van der Waals surface area contributed by atoms with Crippen LogP contribution < -0.4 is 0 Å². The van der Waals surface area contributed by atoms with Gasteiger partial charge >= 0.3 is 12.3 Å². The van der Waals surface area contributed by atoms with Crippen molar-refractivity contribution in [3.8, 4) is 0 Å². The Morgan fingerprint density at radius 2 is 1.90 bits per heavy atom. The lowest BCUT2D eigenvalue weighted by Crippen LogP contribution is -2.56. The van der Waals surface area contributed by atoms with Gasteiger partial charge in [0.1, 0.15) is 12.4 Å². The van der Waals surface area contributed by atoms with Gasteiger partial charge in [-0.25, -0.2) is 9.18 Å². The lowest BCUT2D eigenvalue weighted by atomic mass is 9.89. The van der Waals surface area contributed by atoms with Crippen molar-refractivity contribution in [3.63, 3.8) is 0 Å². The van der Waals surface area contributed by atoms with Crippen LogP contribution in [-0.4, -0.2) is 36.3 Å². The fourth-order valence-corrected chi connectivity index (χ4v) is 3.83. The van der Waals surface area contributed by atoms with Gasteiger partial charge in [0.25, 0.3) is 0 Å². The number of rotatable bonds is 3. The summed E-state index contributed by atoms with van der Waals surface area (Å²) in [5.41, 5.74) is 0.492. The van der Waals surface area contributed by atoms with Crippen molar-refractivity contribution < 1.29 is 31.8 Å². The summed E-state index contributed by atoms with van der Waals surface area (Å²) in [7, 11) is 0. The van der Waals surface area contributed by atoms with Crippen LogP contribution in [0.4, 0.5) is 22.4 Å². The molecule has 8 heteroatoms. The molecular formula is C22H19F4NO3. The van der Waals surface area contributed by atoms with Gasteiger partial charge in [-0.3, -0.25) is 4.90 Å². The zero-order valence-corrected chi connectivity index (χ0v) is 15.9. The SMILES string of the molecule is O=C(OCc1ccccc1)N1C2C=C(c3ccc(C(F)(F)F)cc3F)CC1COC2. The Hall–Kier alpha value is -2.87. The second-order valence-corrected chi connectivity index (χ2v) is 7.29. The summed E-state index contributed by atoms with van der Waals surface area (Å²) in [5.74, 6) is -0.935. The van der Waals surface area contributed by atoms with Gasteiger partial charge in [-0.05, 0) is 29.7 Å². The summed E-state index contributed by atoms with van der Waals surface area (Å²) in [6, 6.07) is 10.9. The Morgan fingerprint density at radius 1 is 1.13 bits per heavy atom. The van der Waals surface area contributed by atoms with Gasteiger partial charge in [0, 0.05) is 5.56 Å². The fourth-order valence-electron chi connectivity index (χ4n) is 3.83. The van der Waals surface area contributed by atoms with Crippen LogP contribution in [0.25, 0.3) is 5.57 Å². The first-order chi connectivity index (χ1) is 14.3. The normalized spacial score (nSPS) is 21.2. The van der Waals surface area contributed by atoms with Crippen LogP contribution in [0.3, 0.4) is 0 Å². The van der Waals surface area contributed by atoms with Gasteiger partial charge in [-0.1, -0.05) is 42.5 Å². The lowest BCUT2D eigenvalue weighted by molar-refractivity contribution is -0.137. The fraction of sp³-hybridized carbons (Fsp3) is 0.318. The molecule has 30 heavy (non-hydrogen) atoms. The molecule has 2 aliphatic heterocycles. The number of alkyl halides is 3. The number of hydrogen-bond donors (Lipinski definition) is 0. The molecule has 0 saturated carbocycles. The van der Waals surface area contributed by atoms with E-state index in [9.17, 15) is 22.4 Å². The second-order valence-electron chi connectivity index (χ2n) is 7.29. The molecule has 0 aliphatic carbocycles. The average Bonchev–Trinajstić information content (AvgIpc) is 2.71. The van der Waals surface area contributed by atoms with Crippen molar-refractivity contribution in [3.05, 3.63) is 77.1 Å². The van der Waals surface area contributed by atoms with Crippen molar-refractivity contribution in [2.24, 2.45) is 0 Å². The van der Waals surface area contributed by atoms with Gasteiger partial charge in [0.05, 0.1) is 30.9 Å². The minimum Gasteiger partial charge on any atom is -0.445 e. The first kappa shape index (κ1) is 20.4. The second kappa shape index (κ2) is 8.10. The van der Waals surface area contributed by atoms with Gasteiger partial charge in [-0.2, -0.15) is 13.2 Å². The minimum atomic E-state index is -4.61. The first-order valence-electron chi connectivity index (χ1n) is 9.47. The van der Waals surface area contributed by atoms with Gasteiger partial charge in [0.2, 0.25) is 0 Å². The predicted octanol–water partition coefficient (Wildman–Crippen LogP) is 5.04. The van der Waals surface area contributed by atoms with Gasteiger partial charge < -0.3 is 9.47 Å². The summed E-state index contributed by atoms with van der Waals surface area (Å²) >= 11 is 0. The maximum absolute atomic E-state index is 14.4. The maximum atomic E-state index is 14.4. The van der Waals surface area contributed by atoms with Crippen LogP contribution in [-0.2, 0) is 22.3 Å². The van der Waals surface area contributed by atoms with E-state index in [-0.39, 0.29) is 37.8 Å². The standard InChI is InChI=1S/C22H19F4NO3/c23-20-10-16(22(24,25)26)6-7-19(20)15-8-17-12-29-13-18(9-15)27(17)21(28)30-11-14-4-2-1-3-5-14/h1-8,10,17-18H,9,11-13H2. The lowest BCUT2D eigenvalue weighted by Gasteiger charge is -2.43. The Labute approximate surface area is 170 Å². The number of nitrogens with zero attached hydrogens (tertiary/aromatic N) is 1. The molecule has 2 unspecified atom stereocenters. The van der Waals surface area contributed by atoms with E-state index in [4.69, 9.17) is 9.47 Å². The molecule has 0 N–H and O–H groups in total. The predicted molar refractivity (Wildman–Crippen MR) is 101 cm³/mol. The highest BCUT2D eigenvalue weighted by Crippen LogP contribution is 2.36. The number of amides is 1. The largest absolute Gasteiger partial charge is 0.445 e. The molecule has 2 aromatic rings. The molecule has 0 aromatic heterocycles. The van der Waals surface area contributed by atoms with Crippen LogP contribution >= 0.6 is 0 Å². The van der Waals surface area contributed by atoms with E-state index in [0.29, 0.717) is 11.6 Å². The topological polar surface area (TPSA) is 38.8 Å². The van der Waals surface area contributed by atoms with E-state index >= 15 is 0 Å².